The Morgan fingerprint density at radius 2 is 2.03 bits per heavy atom. The van der Waals surface area contributed by atoms with Gasteiger partial charge in [0.2, 0.25) is 11.7 Å². The lowest BCUT2D eigenvalue weighted by molar-refractivity contribution is -0.192. The Kier molecular flexibility index (Phi) is 5.81. The molecule has 5 rings (SSSR count). The number of carboxylic acids is 1. The summed E-state index contributed by atoms with van der Waals surface area (Å²) in [6, 6.07) is 4.29. The fraction of sp³-hybridized carbons (Fsp3) is 0.455. The van der Waals surface area contributed by atoms with Gasteiger partial charge in [-0.1, -0.05) is 25.1 Å². The van der Waals surface area contributed by atoms with Crippen molar-refractivity contribution in [1.29, 1.82) is 0 Å². The second kappa shape index (κ2) is 8.21. The van der Waals surface area contributed by atoms with Crippen molar-refractivity contribution in [2.75, 3.05) is 6.54 Å². The van der Waals surface area contributed by atoms with Gasteiger partial charge in [-0.05, 0) is 54.3 Å². The van der Waals surface area contributed by atoms with Crippen LogP contribution in [0.25, 0.3) is 11.4 Å². The van der Waals surface area contributed by atoms with Gasteiger partial charge in [0.05, 0.1) is 5.41 Å². The maximum absolute atomic E-state index is 10.6. The lowest BCUT2D eigenvalue weighted by Crippen LogP contribution is -2.25. The van der Waals surface area contributed by atoms with Gasteiger partial charge in [-0.3, -0.25) is 4.98 Å². The third kappa shape index (κ3) is 4.15. The lowest BCUT2D eigenvalue weighted by atomic mass is 9.93. The summed E-state index contributed by atoms with van der Waals surface area (Å²) in [6.45, 7) is 8.41. The van der Waals surface area contributed by atoms with Gasteiger partial charge in [0.1, 0.15) is 0 Å². The van der Waals surface area contributed by atoms with Crippen LogP contribution in [0.5, 0.6) is 0 Å². The predicted octanol–water partition coefficient (Wildman–Crippen LogP) is 4.50. The van der Waals surface area contributed by atoms with Crippen LogP contribution in [0, 0.1) is 12.3 Å². The van der Waals surface area contributed by atoms with Crippen LogP contribution < -0.4 is 5.32 Å². The summed E-state index contributed by atoms with van der Waals surface area (Å²) < 4.78 is 37.6. The van der Waals surface area contributed by atoms with E-state index >= 15 is 0 Å². The van der Waals surface area contributed by atoms with Crippen LogP contribution in [0.4, 0.5) is 13.2 Å². The standard InChI is InChI=1S/C20H22N4OS.C2HF3O2/c1-12-16(14-6-7-21-9-13(14)10-22-12)17-23-18(25-24-17)20(11-19(20,2)3)15-5-4-8-26-15;3-2(4,5)1(6)7/h4-5,8,10,21H,6-7,9,11H2,1-3H3;(H,6,7). The average Bonchev–Trinajstić information content (AvgIpc) is 3.21. The Balaban J connectivity index is 0.000000325. The lowest BCUT2D eigenvalue weighted by Gasteiger charge is -2.19. The number of nitrogens with one attached hydrogen (secondary N) is 1. The van der Waals surface area contributed by atoms with Gasteiger partial charge in [-0.25, -0.2) is 4.79 Å². The first kappa shape index (κ1) is 23.4. The zero-order valence-electron chi connectivity index (χ0n) is 18.3. The Morgan fingerprint density at radius 3 is 2.61 bits per heavy atom. The molecule has 176 valence electrons. The highest BCUT2D eigenvalue weighted by molar-refractivity contribution is 7.10. The zero-order chi connectivity index (χ0) is 24.0. The molecule has 0 saturated heterocycles. The quantitative estimate of drug-likeness (QED) is 0.569. The summed E-state index contributed by atoms with van der Waals surface area (Å²) >= 11 is 1.77. The van der Waals surface area contributed by atoms with E-state index in [1.807, 2.05) is 13.1 Å². The molecule has 1 unspecified atom stereocenters. The smallest absolute Gasteiger partial charge is 0.475 e. The molecule has 7 nitrogen and oxygen atoms in total. The summed E-state index contributed by atoms with van der Waals surface area (Å²) in [5, 5.41) is 17.0. The minimum atomic E-state index is -5.08. The van der Waals surface area contributed by atoms with Gasteiger partial charge in [-0.15, -0.1) is 11.3 Å². The van der Waals surface area contributed by atoms with Crippen molar-refractivity contribution >= 4 is 17.3 Å². The molecule has 0 radical (unpaired) electrons. The van der Waals surface area contributed by atoms with Crippen molar-refractivity contribution < 1.29 is 27.6 Å². The third-order valence-corrected chi connectivity index (χ3v) is 7.30. The van der Waals surface area contributed by atoms with Gasteiger partial charge >= 0.3 is 12.1 Å². The summed E-state index contributed by atoms with van der Waals surface area (Å²) in [7, 11) is 0. The second-order valence-corrected chi connectivity index (χ2v) is 9.77. The molecule has 1 aliphatic carbocycles. The molecule has 4 heterocycles. The van der Waals surface area contributed by atoms with E-state index in [4.69, 9.17) is 19.4 Å². The SMILES string of the molecule is Cc1ncc2c(c1-c1noc(C3(c4cccs4)CC3(C)C)n1)CCNC2.O=C(O)C(F)(F)F. The number of hydrogen-bond donors (Lipinski definition) is 2. The number of aliphatic carboxylic acids is 1. The van der Waals surface area contributed by atoms with Crippen molar-refractivity contribution in [2.24, 2.45) is 5.41 Å². The van der Waals surface area contributed by atoms with Crippen molar-refractivity contribution in [3.8, 4) is 11.4 Å². The normalized spacial score (nSPS) is 21.0. The molecule has 0 bridgehead atoms. The van der Waals surface area contributed by atoms with Crippen LogP contribution >= 0.6 is 11.3 Å². The first-order chi connectivity index (χ1) is 15.5. The van der Waals surface area contributed by atoms with E-state index in [1.165, 1.54) is 16.0 Å². The number of thiophene rings is 1. The molecular weight excluding hydrogens is 457 g/mol. The molecule has 3 aromatic heterocycles. The van der Waals surface area contributed by atoms with E-state index in [0.29, 0.717) is 5.82 Å². The largest absolute Gasteiger partial charge is 0.490 e. The Hall–Kier alpha value is -2.79. The predicted molar refractivity (Wildman–Crippen MR) is 115 cm³/mol. The maximum atomic E-state index is 10.6. The Morgan fingerprint density at radius 1 is 1.33 bits per heavy atom. The molecule has 33 heavy (non-hydrogen) atoms. The molecule has 1 saturated carbocycles. The molecule has 0 spiro atoms. The molecule has 1 aliphatic heterocycles. The molecule has 0 amide bonds. The number of carboxylic acid groups (broad SMARTS) is 1. The van der Waals surface area contributed by atoms with Crippen LogP contribution in [-0.4, -0.2) is 38.9 Å². The molecule has 1 atom stereocenters. The van der Waals surface area contributed by atoms with Gasteiger partial charge in [0, 0.05) is 28.9 Å². The van der Waals surface area contributed by atoms with Crippen molar-refractivity contribution in [1.82, 2.24) is 20.4 Å². The van der Waals surface area contributed by atoms with Crippen LogP contribution in [0.1, 0.15) is 47.9 Å². The van der Waals surface area contributed by atoms with Crippen molar-refractivity contribution in [3.05, 3.63) is 51.3 Å². The number of fused-ring (bicyclic) bond motifs is 1. The minimum Gasteiger partial charge on any atom is -0.475 e. The number of carbonyl (C=O) groups is 1. The van der Waals surface area contributed by atoms with E-state index in [1.54, 1.807) is 11.3 Å². The number of pyridine rings is 1. The van der Waals surface area contributed by atoms with Crippen molar-refractivity contribution in [2.45, 2.75) is 51.7 Å². The molecule has 2 N–H and O–H groups in total. The van der Waals surface area contributed by atoms with Gasteiger partial charge in [0.25, 0.3) is 0 Å². The van der Waals surface area contributed by atoms with Crippen molar-refractivity contribution in [3.63, 3.8) is 0 Å². The van der Waals surface area contributed by atoms with E-state index in [-0.39, 0.29) is 10.8 Å². The molecule has 2 aliphatic rings. The molecular formula is C22H23F3N4O3S. The zero-order valence-corrected chi connectivity index (χ0v) is 19.1. The third-order valence-electron chi connectivity index (χ3n) is 6.27. The summed E-state index contributed by atoms with van der Waals surface area (Å²) in [6.07, 6.45) is -1.10. The summed E-state index contributed by atoms with van der Waals surface area (Å²) in [5.41, 5.74) is 4.56. The maximum Gasteiger partial charge on any atom is 0.490 e. The molecule has 1 fully saturated rings. The van der Waals surface area contributed by atoms with Gasteiger partial charge < -0.3 is 14.9 Å². The van der Waals surface area contributed by atoms with Gasteiger partial charge in [-0.2, -0.15) is 18.2 Å². The number of hydrogen-bond acceptors (Lipinski definition) is 7. The average molecular weight is 481 g/mol. The first-order valence-electron chi connectivity index (χ1n) is 10.3. The van der Waals surface area contributed by atoms with Crippen LogP contribution in [0.2, 0.25) is 0 Å². The minimum absolute atomic E-state index is 0.134. The summed E-state index contributed by atoms with van der Waals surface area (Å²) in [4.78, 5) is 19.7. The topological polar surface area (TPSA) is 101 Å². The number of nitrogens with zero attached hydrogens (tertiary/aromatic N) is 3. The van der Waals surface area contributed by atoms with E-state index in [9.17, 15) is 13.2 Å². The fourth-order valence-electron chi connectivity index (χ4n) is 4.40. The monoisotopic (exact) mass is 480 g/mol. The Bertz CT molecular complexity index is 1170. The molecule has 3 aromatic rings. The Labute approximate surface area is 192 Å². The number of aryl methyl sites for hydroxylation is 1. The second-order valence-electron chi connectivity index (χ2n) is 8.82. The molecule has 11 heteroatoms. The highest BCUT2D eigenvalue weighted by Gasteiger charge is 2.67. The van der Waals surface area contributed by atoms with Crippen LogP contribution in [-0.2, 0) is 23.2 Å². The number of halogens is 3. The highest BCUT2D eigenvalue weighted by atomic mass is 32.1. The first-order valence-corrected chi connectivity index (χ1v) is 11.2. The molecule has 0 aromatic carbocycles. The highest BCUT2D eigenvalue weighted by Crippen LogP contribution is 2.68. The fourth-order valence-corrected chi connectivity index (χ4v) is 5.49. The van der Waals surface area contributed by atoms with Gasteiger partial charge in [0.15, 0.2) is 0 Å². The number of aromatic nitrogens is 3. The summed E-state index contributed by atoms with van der Waals surface area (Å²) in [5.74, 6) is -1.33. The van der Waals surface area contributed by atoms with Crippen LogP contribution in [0.3, 0.4) is 0 Å². The number of alkyl halides is 3. The number of rotatable bonds is 3. The van der Waals surface area contributed by atoms with E-state index < -0.39 is 12.1 Å². The van der Waals surface area contributed by atoms with E-state index in [0.717, 1.165) is 43.1 Å². The van der Waals surface area contributed by atoms with Crippen LogP contribution in [0.15, 0.2) is 28.2 Å². The van der Waals surface area contributed by atoms with E-state index in [2.05, 4.69) is 46.8 Å².